The lowest BCUT2D eigenvalue weighted by atomic mass is 10.1. The van der Waals surface area contributed by atoms with Crippen LogP contribution in [0.15, 0.2) is 47.8 Å². The first-order valence-electron chi connectivity index (χ1n) is 9.35. The molecule has 3 heterocycles. The summed E-state index contributed by atoms with van der Waals surface area (Å²) in [7, 11) is 0. The molecule has 1 aliphatic heterocycles. The van der Waals surface area contributed by atoms with Gasteiger partial charge in [-0.05, 0) is 47.7 Å². The van der Waals surface area contributed by atoms with Gasteiger partial charge in [0.1, 0.15) is 0 Å². The predicted octanol–water partition coefficient (Wildman–Crippen LogP) is 4.46. The monoisotopic (exact) mass is 394 g/mol. The van der Waals surface area contributed by atoms with Crippen molar-refractivity contribution in [3.05, 3.63) is 53.4 Å². The highest BCUT2D eigenvalue weighted by molar-refractivity contribution is 7.22. The van der Waals surface area contributed by atoms with Crippen molar-refractivity contribution in [3.63, 3.8) is 0 Å². The summed E-state index contributed by atoms with van der Waals surface area (Å²) in [6, 6.07) is 15.4. The van der Waals surface area contributed by atoms with Gasteiger partial charge in [-0.25, -0.2) is 4.98 Å². The van der Waals surface area contributed by atoms with Gasteiger partial charge in [0.15, 0.2) is 5.13 Å². The van der Waals surface area contributed by atoms with Crippen LogP contribution in [0.25, 0.3) is 20.3 Å². The molecule has 4 nitrogen and oxygen atoms in total. The van der Waals surface area contributed by atoms with Crippen LogP contribution >= 0.6 is 22.7 Å². The molecule has 0 aliphatic carbocycles. The van der Waals surface area contributed by atoms with Crippen molar-refractivity contribution >= 4 is 53.8 Å². The Bertz CT molecular complexity index is 1080. The molecule has 0 saturated carbocycles. The van der Waals surface area contributed by atoms with Crippen LogP contribution in [0.4, 0.5) is 10.8 Å². The molecule has 2 N–H and O–H groups in total. The summed E-state index contributed by atoms with van der Waals surface area (Å²) in [6.07, 6.45) is 1.08. The number of aromatic nitrogens is 1. The Morgan fingerprint density at radius 2 is 1.89 bits per heavy atom. The van der Waals surface area contributed by atoms with Crippen molar-refractivity contribution in [1.82, 2.24) is 9.88 Å². The Labute approximate surface area is 166 Å². The summed E-state index contributed by atoms with van der Waals surface area (Å²) >= 11 is 3.40. The molecule has 0 radical (unpaired) electrons. The van der Waals surface area contributed by atoms with Crippen molar-refractivity contribution in [2.24, 2.45) is 0 Å². The second kappa shape index (κ2) is 7.11. The van der Waals surface area contributed by atoms with Crippen molar-refractivity contribution in [1.29, 1.82) is 0 Å². The molecule has 2 aromatic carbocycles. The molecule has 4 aromatic rings. The summed E-state index contributed by atoms with van der Waals surface area (Å²) in [4.78, 5) is 9.46. The number of nitrogens with two attached hydrogens (primary N) is 1. The maximum absolute atomic E-state index is 5.82. The van der Waals surface area contributed by atoms with Crippen LogP contribution < -0.4 is 10.6 Å². The van der Waals surface area contributed by atoms with Crippen LogP contribution in [0.3, 0.4) is 0 Å². The molecule has 0 amide bonds. The van der Waals surface area contributed by atoms with Gasteiger partial charge < -0.3 is 10.6 Å². The topological polar surface area (TPSA) is 45.4 Å². The quantitative estimate of drug-likeness (QED) is 0.555. The van der Waals surface area contributed by atoms with Crippen LogP contribution in [-0.2, 0) is 6.42 Å². The predicted molar refractivity (Wildman–Crippen MR) is 118 cm³/mol. The van der Waals surface area contributed by atoms with E-state index in [9.17, 15) is 0 Å². The van der Waals surface area contributed by atoms with E-state index in [0.29, 0.717) is 5.13 Å². The van der Waals surface area contributed by atoms with Crippen molar-refractivity contribution in [2.45, 2.75) is 6.42 Å². The molecule has 0 bridgehead atoms. The third kappa shape index (κ3) is 3.40. The summed E-state index contributed by atoms with van der Waals surface area (Å²) in [5.41, 5.74) is 9.59. The zero-order valence-corrected chi connectivity index (χ0v) is 16.7. The van der Waals surface area contributed by atoms with E-state index in [0.717, 1.165) is 44.7 Å². The Balaban J connectivity index is 1.21. The third-order valence-electron chi connectivity index (χ3n) is 5.37. The lowest BCUT2D eigenvalue weighted by Gasteiger charge is -2.36. The number of nitrogen functional groups attached to an aromatic ring is 1. The largest absolute Gasteiger partial charge is 0.375 e. The Morgan fingerprint density at radius 1 is 1.00 bits per heavy atom. The van der Waals surface area contributed by atoms with Gasteiger partial charge in [-0.3, -0.25) is 4.90 Å². The summed E-state index contributed by atoms with van der Waals surface area (Å²) in [5, 5.41) is 4.24. The number of hydrogen-bond donors (Lipinski definition) is 1. The minimum absolute atomic E-state index is 0.652. The third-order valence-corrected chi connectivity index (χ3v) is 7.10. The first-order chi connectivity index (χ1) is 13.3. The summed E-state index contributed by atoms with van der Waals surface area (Å²) in [5.74, 6) is 0. The fourth-order valence-electron chi connectivity index (χ4n) is 3.90. The Morgan fingerprint density at radius 3 is 2.78 bits per heavy atom. The lowest BCUT2D eigenvalue weighted by molar-refractivity contribution is 0.261. The van der Waals surface area contributed by atoms with Crippen molar-refractivity contribution in [3.8, 4) is 0 Å². The van der Waals surface area contributed by atoms with Gasteiger partial charge >= 0.3 is 0 Å². The van der Waals surface area contributed by atoms with E-state index >= 15 is 0 Å². The molecule has 5 rings (SSSR count). The molecule has 1 fully saturated rings. The molecule has 1 saturated heterocycles. The van der Waals surface area contributed by atoms with Gasteiger partial charge in [0, 0.05) is 48.5 Å². The fraction of sp³-hybridized carbons (Fsp3) is 0.286. The number of piperazine rings is 1. The minimum atomic E-state index is 0.652. The van der Waals surface area contributed by atoms with Crippen molar-refractivity contribution in [2.75, 3.05) is 43.4 Å². The molecule has 0 unspecified atom stereocenters. The lowest BCUT2D eigenvalue weighted by Crippen LogP contribution is -2.47. The van der Waals surface area contributed by atoms with Crippen LogP contribution in [0, 0.1) is 0 Å². The smallest absolute Gasteiger partial charge is 0.181 e. The molecule has 2 aromatic heterocycles. The average molecular weight is 395 g/mol. The van der Waals surface area contributed by atoms with Gasteiger partial charge in [0.2, 0.25) is 0 Å². The zero-order chi connectivity index (χ0) is 18.2. The maximum atomic E-state index is 5.82. The Kier molecular flexibility index (Phi) is 4.47. The van der Waals surface area contributed by atoms with E-state index < -0.39 is 0 Å². The highest BCUT2D eigenvalue weighted by Gasteiger charge is 2.18. The molecule has 6 heteroatoms. The van der Waals surface area contributed by atoms with Crippen LogP contribution in [0.1, 0.15) is 5.56 Å². The number of hydrogen-bond acceptors (Lipinski definition) is 6. The number of benzene rings is 2. The van der Waals surface area contributed by atoms with E-state index in [2.05, 4.69) is 62.6 Å². The number of rotatable bonds is 4. The standard InChI is InChI=1S/C21H22N4S2/c22-21-23-17-5-4-15(14-20(17)27-21)6-8-24-9-11-25(12-10-24)18-2-1-3-19-16(18)7-13-26-19/h1-5,7,13-14H,6,8-12H2,(H2,22,23). The Hall–Kier alpha value is -2.15. The van der Waals surface area contributed by atoms with E-state index in [-0.39, 0.29) is 0 Å². The van der Waals surface area contributed by atoms with Gasteiger partial charge in [-0.1, -0.05) is 23.5 Å². The number of fused-ring (bicyclic) bond motifs is 2. The molecule has 138 valence electrons. The molecule has 0 spiro atoms. The van der Waals surface area contributed by atoms with Crippen LogP contribution in [-0.4, -0.2) is 42.6 Å². The van der Waals surface area contributed by atoms with E-state index in [1.54, 1.807) is 11.3 Å². The van der Waals surface area contributed by atoms with Gasteiger partial charge in [-0.2, -0.15) is 0 Å². The number of nitrogens with zero attached hydrogens (tertiary/aromatic N) is 3. The normalized spacial score (nSPS) is 15.8. The van der Waals surface area contributed by atoms with Crippen LogP contribution in [0.2, 0.25) is 0 Å². The molecular formula is C21H22N4S2. The van der Waals surface area contributed by atoms with E-state index in [4.69, 9.17) is 5.73 Å². The first-order valence-corrected chi connectivity index (χ1v) is 11.0. The zero-order valence-electron chi connectivity index (χ0n) is 15.1. The van der Waals surface area contributed by atoms with Gasteiger partial charge in [0.05, 0.1) is 10.2 Å². The summed E-state index contributed by atoms with van der Waals surface area (Å²) < 4.78 is 2.58. The van der Waals surface area contributed by atoms with Gasteiger partial charge in [0.25, 0.3) is 0 Å². The molecule has 1 aliphatic rings. The second-order valence-corrected chi connectivity index (χ2v) is 9.05. The second-order valence-electron chi connectivity index (χ2n) is 7.04. The van der Waals surface area contributed by atoms with Crippen molar-refractivity contribution < 1.29 is 0 Å². The SMILES string of the molecule is Nc1nc2ccc(CCN3CCN(c4cccc5sccc45)CC3)cc2s1. The highest BCUT2D eigenvalue weighted by Crippen LogP contribution is 2.31. The average Bonchev–Trinajstić information content (AvgIpc) is 3.31. The van der Waals surface area contributed by atoms with E-state index in [1.165, 1.54) is 26.0 Å². The first kappa shape index (κ1) is 17.0. The number of thiazole rings is 1. The molecular weight excluding hydrogens is 372 g/mol. The highest BCUT2D eigenvalue weighted by atomic mass is 32.1. The maximum Gasteiger partial charge on any atom is 0.181 e. The van der Waals surface area contributed by atoms with Gasteiger partial charge in [-0.15, -0.1) is 11.3 Å². The fourth-order valence-corrected chi connectivity index (χ4v) is 5.50. The summed E-state index contributed by atoms with van der Waals surface area (Å²) in [6.45, 7) is 5.54. The number of anilines is 2. The minimum Gasteiger partial charge on any atom is -0.375 e. The molecule has 0 atom stereocenters. The van der Waals surface area contributed by atoms with Crippen LogP contribution in [0.5, 0.6) is 0 Å². The molecule has 27 heavy (non-hydrogen) atoms. The van der Waals surface area contributed by atoms with E-state index in [1.807, 2.05) is 11.3 Å². The number of thiophene rings is 1.